The molecule has 0 saturated carbocycles. The highest BCUT2D eigenvalue weighted by molar-refractivity contribution is 5.93. The van der Waals surface area contributed by atoms with E-state index >= 15 is 0 Å². The number of aryl methyl sites for hydroxylation is 1. The van der Waals surface area contributed by atoms with E-state index in [0.717, 1.165) is 12.8 Å². The van der Waals surface area contributed by atoms with E-state index in [2.05, 4.69) is 29.6 Å². The summed E-state index contributed by atoms with van der Waals surface area (Å²) in [7, 11) is 0. The first-order valence-corrected chi connectivity index (χ1v) is 6.06. The molecule has 0 bridgehead atoms. The molecule has 0 aromatic heterocycles. The molecule has 0 aliphatic carbocycles. The highest BCUT2D eigenvalue weighted by Crippen LogP contribution is 2.02. The smallest absolute Gasteiger partial charge is 0.251 e. The fraction of sp³-hybridized carbons (Fsp3) is 0.188. The zero-order valence-corrected chi connectivity index (χ0v) is 10.1. The maximum absolute atomic E-state index is 11.7. The lowest BCUT2D eigenvalue weighted by molar-refractivity contribution is 0.0953. The van der Waals surface area contributed by atoms with Gasteiger partial charge in [-0.1, -0.05) is 36.4 Å². The van der Waals surface area contributed by atoms with Crippen molar-refractivity contribution in [2.45, 2.75) is 12.8 Å². The van der Waals surface area contributed by atoms with E-state index in [1.54, 1.807) is 18.2 Å². The number of amides is 1. The van der Waals surface area contributed by atoms with Gasteiger partial charge in [-0.3, -0.25) is 4.79 Å². The maximum atomic E-state index is 11.7. The summed E-state index contributed by atoms with van der Waals surface area (Å²) >= 11 is 0. The molecule has 2 nitrogen and oxygen atoms in total. The number of nitrogens with one attached hydrogen (secondary N) is 1. The Hall–Kier alpha value is -2.09. The quantitative estimate of drug-likeness (QED) is 0.796. The zero-order valence-electron chi connectivity index (χ0n) is 10.1. The highest BCUT2D eigenvalue weighted by Gasteiger charge is 2.02. The molecule has 1 N–H and O–H groups in total. The Bertz CT molecular complexity index is 479. The molecule has 0 aliphatic heterocycles. The van der Waals surface area contributed by atoms with Crippen LogP contribution in [0.25, 0.3) is 0 Å². The van der Waals surface area contributed by atoms with Crippen LogP contribution in [0.15, 0.2) is 48.5 Å². The Morgan fingerprint density at radius 1 is 1.11 bits per heavy atom. The molecular formula is C16H15NO. The summed E-state index contributed by atoms with van der Waals surface area (Å²) in [6.07, 6.45) is 1.92. The lowest BCUT2D eigenvalue weighted by Gasteiger charge is -2.05. The van der Waals surface area contributed by atoms with E-state index in [0.29, 0.717) is 12.1 Å². The number of carbonyl (C=O) groups is 1. The van der Waals surface area contributed by atoms with Crippen molar-refractivity contribution in [3.05, 3.63) is 71.8 Å². The molecule has 0 atom stereocenters. The molecule has 2 aromatic carbocycles. The van der Waals surface area contributed by atoms with Crippen molar-refractivity contribution in [3.63, 3.8) is 0 Å². The van der Waals surface area contributed by atoms with E-state index in [4.69, 9.17) is 0 Å². The highest BCUT2D eigenvalue weighted by atomic mass is 16.1. The van der Waals surface area contributed by atoms with Crippen LogP contribution < -0.4 is 5.32 Å². The second-order valence-electron chi connectivity index (χ2n) is 4.07. The van der Waals surface area contributed by atoms with Crippen LogP contribution in [0.5, 0.6) is 0 Å². The van der Waals surface area contributed by atoms with Gasteiger partial charge in [0.1, 0.15) is 0 Å². The van der Waals surface area contributed by atoms with Crippen molar-refractivity contribution >= 4 is 5.91 Å². The number of benzene rings is 2. The first kappa shape index (κ1) is 12.4. The third-order valence-electron chi connectivity index (χ3n) is 2.69. The molecule has 0 saturated heterocycles. The van der Waals surface area contributed by atoms with Gasteiger partial charge >= 0.3 is 0 Å². The summed E-state index contributed by atoms with van der Waals surface area (Å²) in [5, 5.41) is 2.90. The van der Waals surface area contributed by atoms with Crippen molar-refractivity contribution in [2.75, 3.05) is 6.54 Å². The Morgan fingerprint density at radius 3 is 2.67 bits per heavy atom. The molecule has 2 aromatic rings. The normalized spacial score (nSPS) is 10.0. The summed E-state index contributed by atoms with van der Waals surface area (Å²) < 4.78 is 0. The summed E-state index contributed by atoms with van der Waals surface area (Å²) in [6, 6.07) is 20.9. The molecule has 2 radical (unpaired) electrons. The van der Waals surface area contributed by atoms with Crippen LogP contribution in [0.4, 0.5) is 0 Å². The Kier molecular flexibility index (Phi) is 4.53. The largest absolute Gasteiger partial charge is 0.352 e. The SMILES string of the molecule is O=C(NCCCc1ccccc1)c1c[c][c]cc1. The van der Waals surface area contributed by atoms with Gasteiger partial charge < -0.3 is 5.32 Å². The maximum Gasteiger partial charge on any atom is 0.251 e. The van der Waals surface area contributed by atoms with Gasteiger partial charge in [0.2, 0.25) is 0 Å². The second-order valence-corrected chi connectivity index (χ2v) is 4.07. The van der Waals surface area contributed by atoms with E-state index in [9.17, 15) is 4.79 Å². The van der Waals surface area contributed by atoms with E-state index in [1.807, 2.05) is 18.2 Å². The van der Waals surface area contributed by atoms with Gasteiger partial charge in [0.25, 0.3) is 5.91 Å². The minimum absolute atomic E-state index is 0.0479. The monoisotopic (exact) mass is 237 g/mol. The van der Waals surface area contributed by atoms with Gasteiger partial charge in [0.05, 0.1) is 0 Å². The molecule has 18 heavy (non-hydrogen) atoms. The molecule has 0 unspecified atom stereocenters. The van der Waals surface area contributed by atoms with Crippen molar-refractivity contribution in [2.24, 2.45) is 0 Å². The molecule has 0 spiro atoms. The molecule has 1 amide bonds. The van der Waals surface area contributed by atoms with Crippen LogP contribution in [0.3, 0.4) is 0 Å². The third-order valence-corrected chi connectivity index (χ3v) is 2.69. The number of rotatable bonds is 5. The Morgan fingerprint density at radius 2 is 1.94 bits per heavy atom. The average molecular weight is 237 g/mol. The fourth-order valence-electron chi connectivity index (χ4n) is 1.73. The zero-order chi connectivity index (χ0) is 12.6. The van der Waals surface area contributed by atoms with Crippen LogP contribution in [-0.4, -0.2) is 12.5 Å². The first-order chi connectivity index (χ1) is 8.86. The van der Waals surface area contributed by atoms with Crippen LogP contribution >= 0.6 is 0 Å². The second kappa shape index (κ2) is 6.60. The van der Waals surface area contributed by atoms with Gasteiger partial charge in [-0.15, -0.1) is 0 Å². The van der Waals surface area contributed by atoms with Gasteiger partial charge in [-0.25, -0.2) is 0 Å². The number of hydrogen-bond donors (Lipinski definition) is 1. The van der Waals surface area contributed by atoms with Crippen molar-refractivity contribution in [1.29, 1.82) is 0 Å². The van der Waals surface area contributed by atoms with Crippen LogP contribution in [0.2, 0.25) is 0 Å². The molecule has 0 heterocycles. The van der Waals surface area contributed by atoms with E-state index in [1.165, 1.54) is 5.56 Å². The van der Waals surface area contributed by atoms with Crippen LogP contribution in [-0.2, 0) is 6.42 Å². The predicted octanol–water partition coefficient (Wildman–Crippen LogP) is 2.65. The molecule has 0 fully saturated rings. The lowest BCUT2D eigenvalue weighted by atomic mass is 10.1. The van der Waals surface area contributed by atoms with Crippen molar-refractivity contribution in [3.8, 4) is 0 Å². The molecule has 0 aliphatic rings. The van der Waals surface area contributed by atoms with Crippen LogP contribution in [0, 0.1) is 12.1 Å². The number of carbonyl (C=O) groups excluding carboxylic acids is 1. The summed E-state index contributed by atoms with van der Waals surface area (Å²) in [4.78, 5) is 11.7. The van der Waals surface area contributed by atoms with E-state index in [-0.39, 0.29) is 5.91 Å². The molecular weight excluding hydrogens is 222 g/mol. The molecule has 90 valence electrons. The average Bonchev–Trinajstić information content (AvgIpc) is 2.45. The summed E-state index contributed by atoms with van der Waals surface area (Å²) in [6.45, 7) is 0.687. The van der Waals surface area contributed by atoms with E-state index < -0.39 is 0 Å². The molecule has 2 heteroatoms. The first-order valence-electron chi connectivity index (χ1n) is 6.06. The predicted molar refractivity (Wildman–Crippen MR) is 71.2 cm³/mol. The van der Waals surface area contributed by atoms with Crippen molar-refractivity contribution < 1.29 is 4.79 Å². The van der Waals surface area contributed by atoms with Gasteiger partial charge in [0, 0.05) is 12.1 Å². The van der Waals surface area contributed by atoms with Gasteiger partial charge in [-0.05, 0) is 42.7 Å². The minimum atomic E-state index is -0.0479. The Balaban J connectivity index is 1.72. The fourth-order valence-corrected chi connectivity index (χ4v) is 1.73. The molecule has 2 rings (SSSR count). The minimum Gasteiger partial charge on any atom is -0.352 e. The van der Waals surface area contributed by atoms with Crippen LogP contribution in [0.1, 0.15) is 22.3 Å². The van der Waals surface area contributed by atoms with Crippen molar-refractivity contribution in [1.82, 2.24) is 5.32 Å². The summed E-state index contributed by atoms with van der Waals surface area (Å²) in [5.74, 6) is -0.0479. The topological polar surface area (TPSA) is 29.1 Å². The van der Waals surface area contributed by atoms with Gasteiger partial charge in [0.15, 0.2) is 0 Å². The standard InChI is InChI=1S/C16H15NO/c18-16(15-11-5-2-6-12-15)17-13-7-10-14-8-3-1-4-9-14/h1,3-5,8-9,11-12H,7,10,13H2,(H,17,18). The summed E-state index contributed by atoms with van der Waals surface area (Å²) in [5.41, 5.74) is 1.93. The Labute approximate surface area is 108 Å². The van der Waals surface area contributed by atoms with Gasteiger partial charge in [-0.2, -0.15) is 0 Å². The number of hydrogen-bond acceptors (Lipinski definition) is 1. The lowest BCUT2D eigenvalue weighted by Crippen LogP contribution is -2.24. The third kappa shape index (κ3) is 3.74.